The van der Waals surface area contributed by atoms with Crippen LogP contribution in [0.4, 0.5) is 0 Å². The summed E-state index contributed by atoms with van der Waals surface area (Å²) in [5.74, 6) is 0.880. The number of rotatable bonds is 4. The lowest BCUT2D eigenvalue weighted by Crippen LogP contribution is -2.44. The predicted molar refractivity (Wildman–Crippen MR) is 87.3 cm³/mol. The Morgan fingerprint density at radius 3 is 2.28 bits per heavy atom. The number of benzene rings is 1. The molecule has 25 heavy (non-hydrogen) atoms. The van der Waals surface area contributed by atoms with Gasteiger partial charge in [0.15, 0.2) is 5.43 Å². The van der Waals surface area contributed by atoms with E-state index in [2.05, 4.69) is 0 Å². The second-order valence-electron chi connectivity index (χ2n) is 6.07. The quantitative estimate of drug-likeness (QED) is 0.624. The van der Waals surface area contributed by atoms with E-state index in [0.29, 0.717) is 18.6 Å². The van der Waals surface area contributed by atoms with Crippen LogP contribution in [-0.4, -0.2) is 39.7 Å². The molecular formula is C18H20O7. The van der Waals surface area contributed by atoms with E-state index < -0.39 is 29.8 Å². The topological polar surface area (TPSA) is 120 Å². The van der Waals surface area contributed by atoms with Gasteiger partial charge in [-0.3, -0.25) is 4.79 Å². The molecule has 1 aliphatic rings. The summed E-state index contributed by atoms with van der Waals surface area (Å²) in [7, 11) is 1.59. The molecule has 2 aromatic rings. The fourth-order valence-electron chi connectivity index (χ4n) is 2.96. The first-order chi connectivity index (χ1) is 11.9. The van der Waals surface area contributed by atoms with Crippen molar-refractivity contribution in [1.29, 1.82) is 0 Å². The highest BCUT2D eigenvalue weighted by Crippen LogP contribution is 2.35. The van der Waals surface area contributed by atoms with E-state index in [1.165, 1.54) is 6.07 Å². The smallest absolute Gasteiger partial charge is 0.191 e. The van der Waals surface area contributed by atoms with Crippen molar-refractivity contribution < 1.29 is 29.6 Å². The summed E-state index contributed by atoms with van der Waals surface area (Å²) in [4.78, 5) is 12.2. The molecule has 1 aliphatic carbocycles. The van der Waals surface area contributed by atoms with Gasteiger partial charge in [0.05, 0.1) is 12.7 Å². The standard InChI is InChI=1S/C18H20O7/c1-24-10-5-2-9(3-6-10)4-7-11-8-12(19)13-14(20)15(21)16(22)17(23)18(13)25-11/h2-3,5-6,8,14-17,20-23H,4,7H2,1H3/t14-,15+,16+,17-/m1/s1. The van der Waals surface area contributed by atoms with Crippen LogP contribution in [0.5, 0.6) is 5.75 Å². The van der Waals surface area contributed by atoms with Gasteiger partial charge in [-0.05, 0) is 24.1 Å². The van der Waals surface area contributed by atoms with Crippen molar-refractivity contribution >= 4 is 0 Å². The normalized spacial score (nSPS) is 25.5. The van der Waals surface area contributed by atoms with Gasteiger partial charge in [0.2, 0.25) is 0 Å². The highest BCUT2D eigenvalue weighted by atomic mass is 16.5. The number of aliphatic hydroxyl groups excluding tert-OH is 4. The van der Waals surface area contributed by atoms with Crippen LogP contribution in [-0.2, 0) is 12.8 Å². The molecule has 0 bridgehead atoms. The molecular weight excluding hydrogens is 328 g/mol. The summed E-state index contributed by atoms with van der Waals surface area (Å²) >= 11 is 0. The maximum atomic E-state index is 12.2. The zero-order valence-corrected chi connectivity index (χ0v) is 13.6. The molecule has 0 saturated heterocycles. The summed E-state index contributed by atoms with van der Waals surface area (Å²) in [6.07, 6.45) is -5.44. The number of ether oxygens (including phenoxy) is 1. The highest BCUT2D eigenvalue weighted by molar-refractivity contribution is 5.30. The Morgan fingerprint density at radius 2 is 1.64 bits per heavy atom. The summed E-state index contributed by atoms with van der Waals surface area (Å²) in [5, 5.41) is 39.5. The van der Waals surface area contributed by atoms with E-state index >= 15 is 0 Å². The second kappa shape index (κ2) is 6.97. The van der Waals surface area contributed by atoms with Gasteiger partial charge >= 0.3 is 0 Å². The van der Waals surface area contributed by atoms with E-state index in [1.54, 1.807) is 7.11 Å². The Kier molecular flexibility index (Phi) is 4.91. The van der Waals surface area contributed by atoms with Crippen LogP contribution in [0.3, 0.4) is 0 Å². The average Bonchev–Trinajstić information content (AvgIpc) is 2.62. The Morgan fingerprint density at radius 1 is 1.00 bits per heavy atom. The molecule has 134 valence electrons. The van der Waals surface area contributed by atoms with Gasteiger partial charge in [0.1, 0.15) is 41.7 Å². The molecule has 0 unspecified atom stereocenters. The lowest BCUT2D eigenvalue weighted by Gasteiger charge is -2.32. The molecule has 4 atom stereocenters. The Balaban J connectivity index is 1.84. The molecule has 1 aromatic heterocycles. The summed E-state index contributed by atoms with van der Waals surface area (Å²) in [6, 6.07) is 8.69. The second-order valence-corrected chi connectivity index (χ2v) is 6.07. The molecule has 3 rings (SSSR count). The molecule has 0 aliphatic heterocycles. The number of hydrogen-bond acceptors (Lipinski definition) is 7. The summed E-state index contributed by atoms with van der Waals surface area (Å²) in [6.45, 7) is 0. The van der Waals surface area contributed by atoms with E-state index in [1.807, 2.05) is 24.3 Å². The van der Waals surface area contributed by atoms with E-state index in [4.69, 9.17) is 9.15 Å². The first-order valence-electron chi connectivity index (χ1n) is 7.94. The maximum Gasteiger partial charge on any atom is 0.191 e. The van der Waals surface area contributed by atoms with Gasteiger partial charge in [-0.2, -0.15) is 0 Å². The molecule has 0 radical (unpaired) electrons. The molecule has 0 spiro atoms. The zero-order valence-electron chi connectivity index (χ0n) is 13.6. The van der Waals surface area contributed by atoms with Crippen LogP contribution >= 0.6 is 0 Å². The van der Waals surface area contributed by atoms with Crippen molar-refractivity contribution in [2.75, 3.05) is 7.11 Å². The molecule has 1 aromatic carbocycles. The SMILES string of the molecule is COc1ccc(CCc2cc(=O)c3c(o2)[C@H](O)[C@@H](O)[C@@H](O)[C@@H]3O)cc1. The first kappa shape index (κ1) is 17.6. The van der Waals surface area contributed by atoms with E-state index in [-0.39, 0.29) is 11.3 Å². The van der Waals surface area contributed by atoms with E-state index in [0.717, 1.165) is 11.3 Å². The minimum absolute atomic E-state index is 0.192. The molecule has 0 amide bonds. The van der Waals surface area contributed by atoms with Gasteiger partial charge in [0.25, 0.3) is 0 Å². The number of aliphatic hydroxyl groups is 4. The van der Waals surface area contributed by atoms with Gasteiger partial charge in [-0.25, -0.2) is 0 Å². The molecule has 7 nitrogen and oxygen atoms in total. The van der Waals surface area contributed by atoms with Gasteiger partial charge < -0.3 is 29.6 Å². The molecule has 1 heterocycles. The Bertz CT molecular complexity index is 796. The Labute approximate surface area is 143 Å². The van der Waals surface area contributed by atoms with Crippen LogP contribution in [0.15, 0.2) is 39.5 Å². The van der Waals surface area contributed by atoms with E-state index in [9.17, 15) is 25.2 Å². The highest BCUT2D eigenvalue weighted by Gasteiger charge is 2.43. The van der Waals surface area contributed by atoms with Crippen LogP contribution in [0.25, 0.3) is 0 Å². The third-order valence-electron chi connectivity index (χ3n) is 4.44. The molecule has 0 fully saturated rings. The van der Waals surface area contributed by atoms with Gasteiger partial charge in [-0.1, -0.05) is 12.1 Å². The van der Waals surface area contributed by atoms with Gasteiger partial charge in [-0.15, -0.1) is 0 Å². The van der Waals surface area contributed by atoms with Crippen molar-refractivity contribution in [3.63, 3.8) is 0 Å². The lowest BCUT2D eigenvalue weighted by molar-refractivity contribution is -0.128. The minimum atomic E-state index is -1.64. The molecule has 0 saturated carbocycles. The fourth-order valence-corrected chi connectivity index (χ4v) is 2.96. The van der Waals surface area contributed by atoms with Crippen LogP contribution in [0, 0.1) is 0 Å². The number of aryl methyl sites for hydroxylation is 2. The third-order valence-corrected chi connectivity index (χ3v) is 4.44. The third kappa shape index (κ3) is 3.32. The van der Waals surface area contributed by atoms with Crippen molar-refractivity contribution in [3.8, 4) is 5.75 Å². The van der Waals surface area contributed by atoms with Crippen molar-refractivity contribution in [2.45, 2.75) is 37.3 Å². The van der Waals surface area contributed by atoms with Crippen molar-refractivity contribution in [2.24, 2.45) is 0 Å². The monoisotopic (exact) mass is 348 g/mol. The molecule has 4 N–H and O–H groups in total. The lowest BCUT2D eigenvalue weighted by atomic mass is 9.87. The maximum absolute atomic E-state index is 12.2. The fraction of sp³-hybridized carbons (Fsp3) is 0.389. The zero-order chi connectivity index (χ0) is 18.1. The summed E-state index contributed by atoms with van der Waals surface area (Å²) < 4.78 is 10.6. The predicted octanol–water partition coefficient (Wildman–Crippen LogP) is 0.236. The van der Waals surface area contributed by atoms with Crippen LogP contribution in [0.2, 0.25) is 0 Å². The minimum Gasteiger partial charge on any atom is -0.497 e. The summed E-state index contributed by atoms with van der Waals surface area (Å²) in [5.41, 5.74) is 0.263. The van der Waals surface area contributed by atoms with Crippen molar-refractivity contribution in [1.82, 2.24) is 0 Å². The van der Waals surface area contributed by atoms with Gasteiger partial charge in [0, 0.05) is 12.5 Å². The number of methoxy groups -OCH3 is 1. The average molecular weight is 348 g/mol. The van der Waals surface area contributed by atoms with Crippen LogP contribution in [0.1, 0.15) is 34.9 Å². The number of hydrogen-bond donors (Lipinski definition) is 4. The largest absolute Gasteiger partial charge is 0.497 e. The van der Waals surface area contributed by atoms with Crippen molar-refractivity contribution in [3.05, 3.63) is 63.2 Å². The Hall–Kier alpha value is -2.19. The number of fused-ring (bicyclic) bond motifs is 1. The van der Waals surface area contributed by atoms with Crippen LogP contribution < -0.4 is 10.2 Å². The molecule has 7 heteroatoms. The first-order valence-corrected chi connectivity index (χ1v) is 7.94.